The van der Waals surface area contributed by atoms with Crippen molar-refractivity contribution < 1.29 is 33.0 Å². The third-order valence-electron chi connectivity index (χ3n) is 2.23. The van der Waals surface area contributed by atoms with Gasteiger partial charge in [0.25, 0.3) is 0 Å². The quantitative estimate of drug-likeness (QED) is 0.674. The highest BCUT2D eigenvalue weighted by molar-refractivity contribution is 5.74. The van der Waals surface area contributed by atoms with Crippen molar-refractivity contribution in [3.05, 3.63) is 0 Å². The molecule has 0 aromatic heterocycles. The number of carboxylic acids is 1. The number of carbonyl (C=O) groups is 2. The molecule has 9 heteroatoms. The highest BCUT2D eigenvalue weighted by Gasteiger charge is 2.29. The number of carbonyl (C=O) groups excluding carboxylic acids is 1. The Labute approximate surface area is 108 Å². The van der Waals surface area contributed by atoms with E-state index in [4.69, 9.17) is 5.11 Å². The molecule has 2 amide bonds. The van der Waals surface area contributed by atoms with E-state index in [1.807, 2.05) is 0 Å². The van der Waals surface area contributed by atoms with E-state index >= 15 is 0 Å². The molecule has 0 aliphatic heterocycles. The minimum Gasteiger partial charge on any atom is -0.481 e. The number of rotatable bonds is 6. The van der Waals surface area contributed by atoms with Crippen LogP contribution >= 0.6 is 0 Å². The van der Waals surface area contributed by atoms with Gasteiger partial charge in [0.2, 0.25) is 0 Å². The molecule has 0 fully saturated rings. The van der Waals surface area contributed by atoms with Gasteiger partial charge in [-0.25, -0.2) is 4.79 Å². The number of aliphatic carboxylic acids is 1. The van der Waals surface area contributed by atoms with Crippen molar-refractivity contribution in [3.63, 3.8) is 0 Å². The summed E-state index contributed by atoms with van der Waals surface area (Å²) in [6, 6.07) is -0.810. The molecule has 1 atom stereocenters. The predicted octanol–water partition coefficient (Wildman–Crippen LogP) is 0.806. The molecule has 112 valence electrons. The van der Waals surface area contributed by atoms with Crippen LogP contribution in [-0.4, -0.2) is 59.0 Å². The fourth-order valence-corrected chi connectivity index (χ4v) is 1.19. The van der Waals surface area contributed by atoms with Crippen molar-refractivity contribution in [3.8, 4) is 0 Å². The second kappa shape index (κ2) is 6.60. The zero-order valence-electron chi connectivity index (χ0n) is 10.6. The van der Waals surface area contributed by atoms with Crippen molar-refractivity contribution in [1.29, 1.82) is 0 Å². The van der Waals surface area contributed by atoms with E-state index < -0.39 is 43.2 Å². The fraction of sp³-hybridized carbons (Fsp3) is 0.800. The van der Waals surface area contributed by atoms with Crippen LogP contribution in [0.1, 0.15) is 19.8 Å². The molecule has 6 nitrogen and oxygen atoms in total. The molecule has 0 rings (SSSR count). The summed E-state index contributed by atoms with van der Waals surface area (Å²) >= 11 is 0. The summed E-state index contributed by atoms with van der Waals surface area (Å²) in [7, 11) is 1.17. The Balaban J connectivity index is 4.13. The van der Waals surface area contributed by atoms with Crippen molar-refractivity contribution in [2.24, 2.45) is 0 Å². The van der Waals surface area contributed by atoms with Crippen molar-refractivity contribution >= 4 is 12.0 Å². The molecule has 0 spiro atoms. The zero-order valence-corrected chi connectivity index (χ0v) is 10.6. The molecular formula is C10H17F3N2O4. The van der Waals surface area contributed by atoms with Crippen LogP contribution in [0.4, 0.5) is 18.0 Å². The molecule has 0 radical (unpaired) electrons. The van der Waals surface area contributed by atoms with Crippen molar-refractivity contribution in [2.45, 2.75) is 31.5 Å². The first kappa shape index (κ1) is 17.5. The maximum Gasteiger partial charge on any atom is 0.390 e. The van der Waals surface area contributed by atoms with Crippen molar-refractivity contribution in [1.82, 2.24) is 10.2 Å². The number of hydrogen-bond donors (Lipinski definition) is 3. The van der Waals surface area contributed by atoms with E-state index in [2.05, 4.69) is 5.32 Å². The first-order chi connectivity index (χ1) is 8.43. The van der Waals surface area contributed by atoms with Gasteiger partial charge >= 0.3 is 18.2 Å². The van der Waals surface area contributed by atoms with Crippen LogP contribution in [-0.2, 0) is 4.79 Å². The molecule has 1 unspecified atom stereocenters. The summed E-state index contributed by atoms with van der Waals surface area (Å²) in [4.78, 5) is 22.6. The normalized spacial score (nSPS) is 14.6. The molecular weight excluding hydrogens is 269 g/mol. The van der Waals surface area contributed by atoms with Gasteiger partial charge in [0, 0.05) is 20.1 Å². The van der Waals surface area contributed by atoms with Gasteiger partial charge in [0.15, 0.2) is 0 Å². The smallest absolute Gasteiger partial charge is 0.390 e. The Morgan fingerprint density at radius 3 is 2.26 bits per heavy atom. The number of alkyl halides is 3. The molecule has 0 heterocycles. The lowest BCUT2D eigenvalue weighted by Gasteiger charge is -2.24. The summed E-state index contributed by atoms with van der Waals surface area (Å²) in [5.41, 5.74) is -1.66. The van der Waals surface area contributed by atoms with Crippen LogP contribution in [0.3, 0.4) is 0 Å². The van der Waals surface area contributed by atoms with Gasteiger partial charge in [0.1, 0.15) is 0 Å². The summed E-state index contributed by atoms with van der Waals surface area (Å²) in [6.07, 6.45) is -6.08. The van der Waals surface area contributed by atoms with Gasteiger partial charge in [0.05, 0.1) is 18.4 Å². The number of carboxylic acid groups (broad SMARTS) is 1. The third kappa shape index (κ3) is 9.11. The first-order valence-corrected chi connectivity index (χ1v) is 5.43. The van der Waals surface area contributed by atoms with E-state index in [1.165, 1.54) is 14.0 Å². The monoisotopic (exact) mass is 286 g/mol. The molecule has 0 saturated carbocycles. The van der Waals surface area contributed by atoms with Gasteiger partial charge in [-0.05, 0) is 6.92 Å². The van der Waals surface area contributed by atoms with E-state index in [0.717, 1.165) is 4.90 Å². The Morgan fingerprint density at radius 2 is 1.84 bits per heavy atom. The number of nitrogens with zero attached hydrogens (tertiary/aromatic N) is 1. The fourth-order valence-electron chi connectivity index (χ4n) is 1.19. The zero-order chi connectivity index (χ0) is 15.3. The highest BCUT2D eigenvalue weighted by atomic mass is 19.4. The van der Waals surface area contributed by atoms with Crippen LogP contribution in [0, 0.1) is 0 Å². The molecule has 0 aliphatic carbocycles. The number of amides is 2. The number of urea groups is 1. The van der Waals surface area contributed by atoms with Gasteiger partial charge in [-0.15, -0.1) is 0 Å². The molecule has 0 aromatic rings. The van der Waals surface area contributed by atoms with Crippen LogP contribution in [0.15, 0.2) is 0 Å². The van der Waals surface area contributed by atoms with Gasteiger partial charge in [-0.3, -0.25) is 4.79 Å². The van der Waals surface area contributed by atoms with Gasteiger partial charge in [-0.2, -0.15) is 13.2 Å². The highest BCUT2D eigenvalue weighted by Crippen LogP contribution is 2.19. The second-order valence-electron chi connectivity index (χ2n) is 4.51. The minimum absolute atomic E-state index is 0.367. The van der Waals surface area contributed by atoms with Crippen molar-refractivity contribution in [2.75, 3.05) is 20.1 Å². The van der Waals surface area contributed by atoms with E-state index in [9.17, 15) is 27.9 Å². The Kier molecular flexibility index (Phi) is 6.07. The standard InChI is InChI=1S/C10H17F3N2O4/c1-9(19,5-7(16)17)6-14-8(18)15(2)4-3-10(11,12)13/h19H,3-6H2,1-2H3,(H,14,18)(H,16,17). The number of nitrogens with one attached hydrogen (secondary N) is 1. The molecule has 0 aromatic carbocycles. The first-order valence-electron chi connectivity index (χ1n) is 5.43. The Bertz CT molecular complexity index is 331. The van der Waals surface area contributed by atoms with Crippen LogP contribution in [0.25, 0.3) is 0 Å². The lowest BCUT2D eigenvalue weighted by molar-refractivity contribution is -0.142. The third-order valence-corrected chi connectivity index (χ3v) is 2.23. The lowest BCUT2D eigenvalue weighted by Crippen LogP contribution is -2.46. The maximum absolute atomic E-state index is 11.9. The summed E-state index contributed by atoms with van der Waals surface area (Å²) in [6.45, 7) is 0.321. The SMILES string of the molecule is CN(CCC(F)(F)F)C(=O)NCC(C)(O)CC(=O)O. The van der Waals surface area contributed by atoms with Gasteiger partial charge < -0.3 is 20.4 Å². The van der Waals surface area contributed by atoms with E-state index in [1.54, 1.807) is 0 Å². The molecule has 0 saturated heterocycles. The number of aliphatic hydroxyl groups is 1. The minimum atomic E-state index is -4.36. The van der Waals surface area contributed by atoms with Gasteiger partial charge in [-0.1, -0.05) is 0 Å². The van der Waals surface area contributed by atoms with Crippen LogP contribution < -0.4 is 5.32 Å². The topological polar surface area (TPSA) is 89.9 Å². The Hall–Kier alpha value is -1.51. The van der Waals surface area contributed by atoms with Crippen LogP contribution in [0.2, 0.25) is 0 Å². The summed E-state index contributed by atoms with van der Waals surface area (Å²) < 4.78 is 35.8. The second-order valence-corrected chi connectivity index (χ2v) is 4.51. The molecule has 0 aliphatic rings. The Morgan fingerprint density at radius 1 is 1.32 bits per heavy atom. The van der Waals surface area contributed by atoms with E-state index in [0.29, 0.717) is 0 Å². The summed E-state index contributed by atoms with van der Waals surface area (Å²) in [5.74, 6) is -1.25. The number of hydrogen-bond acceptors (Lipinski definition) is 3. The summed E-state index contributed by atoms with van der Waals surface area (Å²) in [5, 5.41) is 20.2. The largest absolute Gasteiger partial charge is 0.481 e. The molecule has 3 N–H and O–H groups in total. The lowest BCUT2D eigenvalue weighted by atomic mass is 10.0. The van der Waals surface area contributed by atoms with Crippen LogP contribution in [0.5, 0.6) is 0 Å². The average molecular weight is 286 g/mol. The molecule has 0 bridgehead atoms. The predicted molar refractivity (Wildman–Crippen MR) is 59.6 cm³/mol. The molecule has 19 heavy (non-hydrogen) atoms. The maximum atomic E-state index is 11.9. The van der Waals surface area contributed by atoms with E-state index in [-0.39, 0.29) is 6.54 Å². The average Bonchev–Trinajstić information content (AvgIpc) is 2.19. The number of halogens is 3.